The lowest BCUT2D eigenvalue weighted by molar-refractivity contribution is 0.0913. The largest absolute Gasteiger partial charge is 0.409 e. The summed E-state index contributed by atoms with van der Waals surface area (Å²) < 4.78 is 13.5. The number of nitrogens with one attached hydrogen (secondary N) is 1. The molecule has 4 N–H and O–H groups in total. The number of halogens is 1. The Kier molecular flexibility index (Phi) is 4.80. The number of nitrogens with zero attached hydrogens (tertiary/aromatic N) is 2. The lowest BCUT2D eigenvalue weighted by Crippen LogP contribution is -2.57. The molecular weight excluding hydrogens is 251 g/mol. The highest BCUT2D eigenvalue weighted by molar-refractivity contribution is 6.00. The van der Waals surface area contributed by atoms with E-state index >= 15 is 0 Å². The Labute approximate surface area is 110 Å². The van der Waals surface area contributed by atoms with Crippen LogP contribution in [0, 0.1) is 5.82 Å². The number of aromatic nitrogens is 1. The van der Waals surface area contributed by atoms with Crippen molar-refractivity contribution in [3.63, 3.8) is 0 Å². The van der Waals surface area contributed by atoms with Crippen molar-refractivity contribution in [2.24, 2.45) is 10.9 Å². The van der Waals surface area contributed by atoms with Crippen LogP contribution in [0.1, 0.15) is 37.0 Å². The van der Waals surface area contributed by atoms with E-state index in [1.54, 1.807) is 13.8 Å². The van der Waals surface area contributed by atoms with Gasteiger partial charge in [-0.2, -0.15) is 0 Å². The molecule has 1 heterocycles. The molecule has 0 bridgehead atoms. The second-order valence-corrected chi connectivity index (χ2v) is 4.08. The van der Waals surface area contributed by atoms with Gasteiger partial charge in [-0.05, 0) is 18.9 Å². The minimum Gasteiger partial charge on any atom is -0.409 e. The normalized spacial score (nSPS) is 12.3. The fraction of sp³-hybridized carbons (Fsp3) is 0.417. The molecule has 7 heteroatoms. The fourth-order valence-corrected chi connectivity index (χ4v) is 1.79. The Balaban J connectivity index is 3.05. The Hall–Kier alpha value is -2.18. The topological polar surface area (TPSA) is 101 Å². The molecule has 1 aromatic heterocycles. The third-order valence-corrected chi connectivity index (χ3v) is 3.18. The quantitative estimate of drug-likeness (QED) is 0.324. The third kappa shape index (κ3) is 2.98. The van der Waals surface area contributed by atoms with Gasteiger partial charge >= 0.3 is 0 Å². The number of pyridine rings is 1. The van der Waals surface area contributed by atoms with Crippen LogP contribution in [-0.2, 0) is 0 Å². The predicted molar refractivity (Wildman–Crippen MR) is 68.4 cm³/mol. The van der Waals surface area contributed by atoms with Crippen molar-refractivity contribution in [2.75, 3.05) is 0 Å². The molecule has 0 aromatic carbocycles. The van der Waals surface area contributed by atoms with Gasteiger partial charge in [-0.15, -0.1) is 0 Å². The van der Waals surface area contributed by atoms with Crippen molar-refractivity contribution in [2.45, 2.75) is 32.2 Å². The van der Waals surface area contributed by atoms with Crippen molar-refractivity contribution < 1.29 is 14.4 Å². The zero-order chi connectivity index (χ0) is 14.5. The number of nitrogens with two attached hydrogens (primary N) is 1. The predicted octanol–water partition coefficient (Wildman–Crippen LogP) is 1.26. The van der Waals surface area contributed by atoms with Gasteiger partial charge in [-0.1, -0.05) is 19.0 Å². The molecule has 0 saturated heterocycles. The van der Waals surface area contributed by atoms with E-state index in [1.165, 1.54) is 12.3 Å². The molecule has 1 rings (SSSR count). The van der Waals surface area contributed by atoms with E-state index in [-0.39, 0.29) is 11.4 Å². The maximum Gasteiger partial charge on any atom is 0.255 e. The number of rotatable bonds is 5. The molecule has 0 radical (unpaired) electrons. The van der Waals surface area contributed by atoms with Crippen LogP contribution in [0.15, 0.2) is 23.6 Å². The molecule has 104 valence electrons. The van der Waals surface area contributed by atoms with Gasteiger partial charge in [-0.3, -0.25) is 9.78 Å². The Bertz CT molecular complexity index is 486. The molecule has 19 heavy (non-hydrogen) atoms. The summed E-state index contributed by atoms with van der Waals surface area (Å²) in [6.45, 7) is 3.56. The van der Waals surface area contributed by atoms with Crippen LogP contribution in [0.3, 0.4) is 0 Å². The monoisotopic (exact) mass is 268 g/mol. The number of carbonyl (C=O) groups is 1. The molecule has 0 saturated carbocycles. The zero-order valence-corrected chi connectivity index (χ0v) is 10.9. The Morgan fingerprint density at radius 3 is 2.68 bits per heavy atom. The third-order valence-electron chi connectivity index (χ3n) is 3.18. The first-order valence-electron chi connectivity index (χ1n) is 5.90. The van der Waals surface area contributed by atoms with Crippen molar-refractivity contribution in [3.8, 4) is 0 Å². The summed E-state index contributed by atoms with van der Waals surface area (Å²) in [7, 11) is 0. The van der Waals surface area contributed by atoms with Crippen LogP contribution in [0.4, 0.5) is 4.39 Å². The van der Waals surface area contributed by atoms with Gasteiger partial charge < -0.3 is 16.3 Å². The van der Waals surface area contributed by atoms with E-state index in [2.05, 4.69) is 15.5 Å². The second-order valence-electron chi connectivity index (χ2n) is 4.08. The molecule has 0 aliphatic carbocycles. The molecule has 1 aromatic rings. The highest BCUT2D eigenvalue weighted by Crippen LogP contribution is 2.17. The van der Waals surface area contributed by atoms with Crippen molar-refractivity contribution in [1.82, 2.24) is 10.3 Å². The standard InChI is InChI=1S/C12H17FN4O2/c1-3-12(4-2,11(14)17-19)16-10(18)8-5-6-15-7-9(8)13/h5-7,19H,3-4H2,1-2H3,(H2,14,17)(H,16,18). The van der Waals surface area contributed by atoms with Crippen LogP contribution >= 0.6 is 0 Å². The van der Waals surface area contributed by atoms with E-state index in [0.29, 0.717) is 12.8 Å². The number of carbonyl (C=O) groups excluding carboxylic acids is 1. The summed E-state index contributed by atoms with van der Waals surface area (Å²) in [5.74, 6) is -1.46. The molecule has 0 spiro atoms. The molecule has 0 atom stereocenters. The van der Waals surface area contributed by atoms with Crippen LogP contribution < -0.4 is 11.1 Å². The second kappa shape index (κ2) is 6.12. The van der Waals surface area contributed by atoms with Crippen LogP contribution in [0.5, 0.6) is 0 Å². The summed E-state index contributed by atoms with van der Waals surface area (Å²) in [5.41, 5.74) is 4.49. The summed E-state index contributed by atoms with van der Waals surface area (Å²) in [5, 5.41) is 14.4. The van der Waals surface area contributed by atoms with E-state index in [1.807, 2.05) is 0 Å². The molecule has 0 aliphatic heterocycles. The molecule has 0 fully saturated rings. The molecular formula is C12H17FN4O2. The van der Waals surface area contributed by atoms with Crippen molar-refractivity contribution in [3.05, 3.63) is 29.8 Å². The van der Waals surface area contributed by atoms with Gasteiger partial charge in [0.05, 0.1) is 11.8 Å². The Morgan fingerprint density at radius 1 is 1.58 bits per heavy atom. The number of oxime groups is 1. The highest BCUT2D eigenvalue weighted by Gasteiger charge is 2.34. The van der Waals surface area contributed by atoms with E-state index in [0.717, 1.165) is 6.20 Å². The molecule has 0 aliphatic rings. The van der Waals surface area contributed by atoms with Gasteiger partial charge in [0.25, 0.3) is 5.91 Å². The number of amides is 1. The van der Waals surface area contributed by atoms with Crippen LogP contribution in [0.2, 0.25) is 0 Å². The zero-order valence-electron chi connectivity index (χ0n) is 10.9. The van der Waals surface area contributed by atoms with E-state index in [9.17, 15) is 9.18 Å². The van der Waals surface area contributed by atoms with Gasteiger partial charge in [0, 0.05) is 6.20 Å². The average molecular weight is 268 g/mol. The minimum absolute atomic E-state index is 0.111. The smallest absolute Gasteiger partial charge is 0.255 e. The van der Waals surface area contributed by atoms with E-state index in [4.69, 9.17) is 10.9 Å². The minimum atomic E-state index is -0.998. The van der Waals surface area contributed by atoms with Crippen molar-refractivity contribution in [1.29, 1.82) is 0 Å². The summed E-state index contributed by atoms with van der Waals surface area (Å²) in [6, 6.07) is 1.27. The van der Waals surface area contributed by atoms with E-state index < -0.39 is 17.3 Å². The van der Waals surface area contributed by atoms with Gasteiger partial charge in [0.2, 0.25) is 0 Å². The maximum absolute atomic E-state index is 13.5. The summed E-state index contributed by atoms with van der Waals surface area (Å²) in [6.07, 6.45) is 3.11. The first-order valence-corrected chi connectivity index (χ1v) is 5.90. The lowest BCUT2D eigenvalue weighted by Gasteiger charge is -2.31. The summed E-state index contributed by atoms with van der Waals surface area (Å²) in [4.78, 5) is 15.6. The molecule has 6 nitrogen and oxygen atoms in total. The number of amidine groups is 1. The first-order chi connectivity index (χ1) is 9.00. The SMILES string of the molecule is CCC(CC)(NC(=O)c1ccncc1F)C(N)=NO. The first kappa shape index (κ1) is 14.9. The summed E-state index contributed by atoms with van der Waals surface area (Å²) >= 11 is 0. The maximum atomic E-state index is 13.5. The van der Waals surface area contributed by atoms with Crippen LogP contribution in [-0.4, -0.2) is 27.5 Å². The molecule has 0 unspecified atom stereocenters. The highest BCUT2D eigenvalue weighted by atomic mass is 19.1. The fourth-order valence-electron chi connectivity index (χ4n) is 1.79. The van der Waals surface area contributed by atoms with Crippen LogP contribution in [0.25, 0.3) is 0 Å². The van der Waals surface area contributed by atoms with Gasteiger partial charge in [0.15, 0.2) is 11.7 Å². The lowest BCUT2D eigenvalue weighted by atomic mass is 9.91. The van der Waals surface area contributed by atoms with Crippen molar-refractivity contribution >= 4 is 11.7 Å². The Morgan fingerprint density at radius 2 is 2.21 bits per heavy atom. The average Bonchev–Trinajstić information content (AvgIpc) is 2.44. The number of hydrogen-bond donors (Lipinski definition) is 3. The number of hydrogen-bond acceptors (Lipinski definition) is 4. The van der Waals surface area contributed by atoms with Gasteiger partial charge in [-0.25, -0.2) is 4.39 Å². The van der Waals surface area contributed by atoms with Gasteiger partial charge in [0.1, 0.15) is 5.54 Å². The molecule has 1 amide bonds.